The zero-order chi connectivity index (χ0) is 15.4. The van der Waals surface area contributed by atoms with Crippen LogP contribution in [0.15, 0.2) is 46.9 Å². The second-order valence-electron chi connectivity index (χ2n) is 4.72. The molecule has 0 saturated heterocycles. The number of esters is 1. The van der Waals surface area contributed by atoms with E-state index in [1.165, 1.54) is 7.11 Å². The number of hydrogen-bond donors (Lipinski definition) is 2. The topological polar surface area (TPSA) is 64.3 Å². The normalized spacial score (nSPS) is 11.8. The fourth-order valence-corrected chi connectivity index (χ4v) is 2.48. The maximum atomic E-state index is 11.8. The van der Waals surface area contributed by atoms with Crippen molar-refractivity contribution in [1.82, 2.24) is 0 Å². The van der Waals surface area contributed by atoms with Crippen LogP contribution in [-0.2, 0) is 4.74 Å². The van der Waals surface area contributed by atoms with Crippen molar-refractivity contribution in [1.29, 1.82) is 0 Å². The molecule has 0 spiro atoms. The van der Waals surface area contributed by atoms with E-state index in [4.69, 9.17) is 10.5 Å². The van der Waals surface area contributed by atoms with Gasteiger partial charge < -0.3 is 15.8 Å². The second kappa shape index (κ2) is 6.63. The molecule has 2 aromatic rings. The van der Waals surface area contributed by atoms with Crippen molar-refractivity contribution in [2.75, 3.05) is 18.2 Å². The van der Waals surface area contributed by atoms with Gasteiger partial charge in [-0.05, 0) is 42.8 Å². The Hall–Kier alpha value is -2.01. The number of hydrogen-bond acceptors (Lipinski definition) is 4. The summed E-state index contributed by atoms with van der Waals surface area (Å²) in [4.78, 5) is 11.8. The Morgan fingerprint density at radius 3 is 2.71 bits per heavy atom. The molecule has 110 valence electrons. The van der Waals surface area contributed by atoms with Gasteiger partial charge in [-0.15, -0.1) is 0 Å². The van der Waals surface area contributed by atoms with Crippen molar-refractivity contribution in [3.05, 3.63) is 58.1 Å². The molecule has 4 nitrogen and oxygen atoms in total. The molecule has 0 radical (unpaired) electrons. The van der Waals surface area contributed by atoms with Gasteiger partial charge in [0.2, 0.25) is 0 Å². The van der Waals surface area contributed by atoms with E-state index in [0.717, 1.165) is 10.0 Å². The molecule has 5 heteroatoms. The van der Waals surface area contributed by atoms with E-state index in [-0.39, 0.29) is 6.04 Å². The van der Waals surface area contributed by atoms with Crippen molar-refractivity contribution in [2.24, 2.45) is 0 Å². The Bertz CT molecular complexity index is 658. The fourth-order valence-electron chi connectivity index (χ4n) is 2.06. The number of benzene rings is 2. The molecule has 2 rings (SSSR count). The van der Waals surface area contributed by atoms with Crippen LogP contribution in [0.4, 0.5) is 11.4 Å². The summed E-state index contributed by atoms with van der Waals surface area (Å²) in [6.07, 6.45) is 0. The van der Waals surface area contributed by atoms with E-state index in [9.17, 15) is 4.79 Å². The maximum Gasteiger partial charge on any atom is 0.340 e. The SMILES string of the molecule is COC(=O)c1cc(N)ccc1NC(C)c1cccc(Br)c1. The fraction of sp³-hybridized carbons (Fsp3) is 0.188. The highest BCUT2D eigenvalue weighted by Crippen LogP contribution is 2.26. The molecule has 1 atom stereocenters. The second-order valence-corrected chi connectivity index (χ2v) is 5.63. The van der Waals surface area contributed by atoms with Gasteiger partial charge in [0.05, 0.1) is 12.7 Å². The molecule has 0 amide bonds. The smallest absolute Gasteiger partial charge is 0.340 e. The highest BCUT2D eigenvalue weighted by Gasteiger charge is 2.14. The summed E-state index contributed by atoms with van der Waals surface area (Å²) in [6, 6.07) is 13.2. The minimum Gasteiger partial charge on any atom is -0.465 e. The lowest BCUT2D eigenvalue weighted by Gasteiger charge is -2.18. The predicted octanol–water partition coefficient (Wildman–Crippen LogP) is 3.99. The lowest BCUT2D eigenvalue weighted by Crippen LogP contribution is -2.12. The van der Waals surface area contributed by atoms with Crippen LogP contribution >= 0.6 is 15.9 Å². The first kappa shape index (κ1) is 15.4. The number of ether oxygens (including phenoxy) is 1. The highest BCUT2D eigenvalue weighted by molar-refractivity contribution is 9.10. The zero-order valence-corrected chi connectivity index (χ0v) is 13.5. The number of rotatable bonds is 4. The first-order valence-corrected chi connectivity index (χ1v) is 7.30. The monoisotopic (exact) mass is 348 g/mol. The summed E-state index contributed by atoms with van der Waals surface area (Å²) in [5.41, 5.74) is 8.50. The number of halogens is 1. The van der Waals surface area contributed by atoms with Gasteiger partial charge in [0, 0.05) is 21.9 Å². The average molecular weight is 349 g/mol. The van der Waals surface area contributed by atoms with E-state index < -0.39 is 5.97 Å². The van der Waals surface area contributed by atoms with Gasteiger partial charge in [-0.3, -0.25) is 0 Å². The molecular formula is C16H17BrN2O2. The van der Waals surface area contributed by atoms with Crippen molar-refractivity contribution in [3.63, 3.8) is 0 Å². The van der Waals surface area contributed by atoms with Crippen LogP contribution in [0.2, 0.25) is 0 Å². The van der Waals surface area contributed by atoms with E-state index in [1.807, 2.05) is 31.2 Å². The summed E-state index contributed by atoms with van der Waals surface area (Å²) < 4.78 is 5.81. The standard InChI is InChI=1S/C16H17BrN2O2/c1-10(11-4-3-5-12(17)8-11)19-15-7-6-13(18)9-14(15)16(20)21-2/h3-10,19H,18H2,1-2H3. The minimum atomic E-state index is -0.411. The molecule has 1 unspecified atom stereocenters. The van der Waals surface area contributed by atoms with Gasteiger partial charge in [-0.2, -0.15) is 0 Å². The van der Waals surface area contributed by atoms with Crippen LogP contribution in [0.1, 0.15) is 28.9 Å². The minimum absolute atomic E-state index is 0.0366. The van der Waals surface area contributed by atoms with Gasteiger partial charge in [0.25, 0.3) is 0 Å². The Morgan fingerprint density at radius 1 is 1.29 bits per heavy atom. The number of nitrogens with two attached hydrogens (primary N) is 1. The number of nitrogen functional groups attached to an aromatic ring is 1. The predicted molar refractivity (Wildman–Crippen MR) is 88.4 cm³/mol. The number of nitrogens with one attached hydrogen (secondary N) is 1. The largest absolute Gasteiger partial charge is 0.465 e. The van der Waals surface area contributed by atoms with Crippen LogP contribution in [0.25, 0.3) is 0 Å². The average Bonchev–Trinajstić information content (AvgIpc) is 2.48. The Labute approximate surface area is 132 Å². The van der Waals surface area contributed by atoms with E-state index >= 15 is 0 Å². The molecule has 0 aromatic heterocycles. The third-order valence-electron chi connectivity index (χ3n) is 3.17. The third kappa shape index (κ3) is 3.76. The van der Waals surface area contributed by atoms with Crippen molar-refractivity contribution < 1.29 is 9.53 Å². The first-order chi connectivity index (χ1) is 10.0. The van der Waals surface area contributed by atoms with Gasteiger partial charge >= 0.3 is 5.97 Å². The van der Waals surface area contributed by atoms with Crippen LogP contribution in [0.5, 0.6) is 0 Å². The summed E-state index contributed by atoms with van der Waals surface area (Å²) >= 11 is 3.46. The number of methoxy groups -OCH3 is 1. The lowest BCUT2D eigenvalue weighted by molar-refractivity contribution is 0.0602. The maximum absolute atomic E-state index is 11.8. The first-order valence-electron chi connectivity index (χ1n) is 6.51. The summed E-state index contributed by atoms with van der Waals surface area (Å²) in [7, 11) is 1.35. The molecule has 0 aliphatic rings. The molecule has 0 saturated carbocycles. The van der Waals surface area contributed by atoms with Crippen LogP contribution in [-0.4, -0.2) is 13.1 Å². The molecule has 0 aliphatic heterocycles. The molecule has 0 aliphatic carbocycles. The number of anilines is 2. The van der Waals surface area contributed by atoms with Crippen molar-refractivity contribution >= 4 is 33.3 Å². The number of carbonyl (C=O) groups is 1. The van der Waals surface area contributed by atoms with Crippen LogP contribution < -0.4 is 11.1 Å². The van der Waals surface area contributed by atoms with Crippen molar-refractivity contribution in [2.45, 2.75) is 13.0 Å². The summed E-state index contributed by atoms with van der Waals surface area (Å²) in [5.74, 6) is -0.411. The van der Waals surface area contributed by atoms with Crippen LogP contribution in [0.3, 0.4) is 0 Å². The molecule has 21 heavy (non-hydrogen) atoms. The molecule has 2 aromatic carbocycles. The molecule has 0 bridgehead atoms. The highest BCUT2D eigenvalue weighted by atomic mass is 79.9. The molecule has 0 heterocycles. The zero-order valence-electron chi connectivity index (χ0n) is 11.9. The van der Waals surface area contributed by atoms with E-state index in [2.05, 4.69) is 21.2 Å². The van der Waals surface area contributed by atoms with Crippen LogP contribution in [0, 0.1) is 0 Å². The molecule has 0 fully saturated rings. The van der Waals surface area contributed by atoms with E-state index in [1.54, 1.807) is 18.2 Å². The third-order valence-corrected chi connectivity index (χ3v) is 3.66. The molecule has 3 N–H and O–H groups in total. The van der Waals surface area contributed by atoms with Crippen molar-refractivity contribution in [3.8, 4) is 0 Å². The lowest BCUT2D eigenvalue weighted by atomic mass is 10.1. The van der Waals surface area contributed by atoms with E-state index in [0.29, 0.717) is 16.9 Å². The van der Waals surface area contributed by atoms with Gasteiger partial charge in [-0.25, -0.2) is 4.79 Å². The Balaban J connectivity index is 2.28. The summed E-state index contributed by atoms with van der Waals surface area (Å²) in [5, 5.41) is 3.32. The Morgan fingerprint density at radius 2 is 2.05 bits per heavy atom. The quantitative estimate of drug-likeness (QED) is 0.647. The number of carbonyl (C=O) groups excluding carboxylic acids is 1. The van der Waals surface area contributed by atoms with Gasteiger partial charge in [0.15, 0.2) is 0 Å². The summed E-state index contributed by atoms with van der Waals surface area (Å²) in [6.45, 7) is 2.03. The van der Waals surface area contributed by atoms with Gasteiger partial charge in [-0.1, -0.05) is 28.1 Å². The molecular weight excluding hydrogens is 332 g/mol. The van der Waals surface area contributed by atoms with Gasteiger partial charge in [0.1, 0.15) is 0 Å². The Kier molecular flexibility index (Phi) is 4.85.